The molecule has 3 heteroatoms. The summed E-state index contributed by atoms with van der Waals surface area (Å²) in [5.74, 6) is -0.901. The van der Waals surface area contributed by atoms with E-state index in [-0.39, 0.29) is 17.3 Å². The zero-order chi connectivity index (χ0) is 11.6. The zero-order valence-electron chi connectivity index (χ0n) is 9.07. The SMILES string of the molecule is CC(=O)c1cc(C(=O)O)cc(C(C)C)c1. The van der Waals surface area contributed by atoms with Gasteiger partial charge in [-0.1, -0.05) is 13.8 Å². The van der Waals surface area contributed by atoms with E-state index < -0.39 is 5.97 Å². The molecule has 15 heavy (non-hydrogen) atoms. The van der Waals surface area contributed by atoms with Crippen molar-refractivity contribution in [3.63, 3.8) is 0 Å². The van der Waals surface area contributed by atoms with Crippen molar-refractivity contribution in [2.24, 2.45) is 0 Å². The van der Waals surface area contributed by atoms with Gasteiger partial charge in [0.15, 0.2) is 5.78 Å². The van der Waals surface area contributed by atoms with Crippen molar-refractivity contribution in [3.8, 4) is 0 Å². The van der Waals surface area contributed by atoms with Crippen LogP contribution >= 0.6 is 0 Å². The molecule has 1 N–H and O–H groups in total. The fourth-order valence-electron chi connectivity index (χ4n) is 1.31. The molecule has 1 aromatic carbocycles. The lowest BCUT2D eigenvalue weighted by Crippen LogP contribution is -2.03. The van der Waals surface area contributed by atoms with Crippen LogP contribution in [0.2, 0.25) is 0 Å². The Kier molecular flexibility index (Phi) is 3.24. The number of hydrogen-bond acceptors (Lipinski definition) is 2. The maximum Gasteiger partial charge on any atom is 0.335 e. The van der Waals surface area contributed by atoms with E-state index in [2.05, 4.69) is 0 Å². The Morgan fingerprint density at radius 2 is 1.67 bits per heavy atom. The highest BCUT2D eigenvalue weighted by Crippen LogP contribution is 2.19. The van der Waals surface area contributed by atoms with Crippen LogP contribution in [0.3, 0.4) is 0 Å². The van der Waals surface area contributed by atoms with Crippen LogP contribution in [-0.2, 0) is 0 Å². The second-order valence-electron chi connectivity index (χ2n) is 3.86. The highest BCUT2D eigenvalue weighted by molar-refractivity contribution is 5.97. The molecular weight excluding hydrogens is 192 g/mol. The van der Waals surface area contributed by atoms with E-state index in [1.807, 2.05) is 13.8 Å². The molecule has 0 aliphatic heterocycles. The fraction of sp³-hybridized carbons (Fsp3) is 0.333. The van der Waals surface area contributed by atoms with E-state index in [0.717, 1.165) is 5.56 Å². The summed E-state index contributed by atoms with van der Waals surface area (Å²) in [4.78, 5) is 22.0. The molecule has 0 atom stereocenters. The summed E-state index contributed by atoms with van der Waals surface area (Å²) in [5.41, 5.74) is 1.50. The summed E-state index contributed by atoms with van der Waals surface area (Å²) in [6.07, 6.45) is 0. The second-order valence-corrected chi connectivity index (χ2v) is 3.86. The molecule has 0 aliphatic carbocycles. The number of carboxylic acids is 1. The number of hydrogen-bond donors (Lipinski definition) is 1. The van der Waals surface area contributed by atoms with Gasteiger partial charge in [0.1, 0.15) is 0 Å². The van der Waals surface area contributed by atoms with Crippen LogP contribution in [-0.4, -0.2) is 16.9 Å². The number of carbonyl (C=O) groups is 2. The van der Waals surface area contributed by atoms with Gasteiger partial charge < -0.3 is 5.11 Å². The predicted octanol–water partition coefficient (Wildman–Crippen LogP) is 2.71. The van der Waals surface area contributed by atoms with Gasteiger partial charge in [0.2, 0.25) is 0 Å². The lowest BCUT2D eigenvalue weighted by atomic mass is 9.96. The first kappa shape index (κ1) is 11.4. The van der Waals surface area contributed by atoms with E-state index in [1.54, 1.807) is 12.1 Å². The van der Waals surface area contributed by atoms with Gasteiger partial charge in [0, 0.05) is 5.56 Å². The van der Waals surface area contributed by atoms with Gasteiger partial charge in [-0.25, -0.2) is 4.79 Å². The topological polar surface area (TPSA) is 54.4 Å². The minimum atomic E-state index is -1.000. The average molecular weight is 206 g/mol. The van der Waals surface area contributed by atoms with Crippen molar-refractivity contribution in [1.82, 2.24) is 0 Å². The summed E-state index contributed by atoms with van der Waals surface area (Å²) in [7, 11) is 0. The first-order chi connectivity index (χ1) is 6.91. The molecule has 0 aromatic heterocycles. The van der Waals surface area contributed by atoms with E-state index in [1.165, 1.54) is 13.0 Å². The fourth-order valence-corrected chi connectivity index (χ4v) is 1.31. The van der Waals surface area contributed by atoms with Crippen LogP contribution < -0.4 is 0 Å². The Hall–Kier alpha value is -1.64. The van der Waals surface area contributed by atoms with Crippen LogP contribution in [0.5, 0.6) is 0 Å². The molecule has 1 rings (SSSR count). The number of carbonyl (C=O) groups excluding carboxylic acids is 1. The van der Waals surface area contributed by atoms with Gasteiger partial charge in [0.05, 0.1) is 5.56 Å². The third-order valence-electron chi connectivity index (χ3n) is 2.28. The monoisotopic (exact) mass is 206 g/mol. The smallest absolute Gasteiger partial charge is 0.335 e. The lowest BCUT2D eigenvalue weighted by molar-refractivity contribution is 0.0696. The third-order valence-corrected chi connectivity index (χ3v) is 2.28. The molecule has 0 spiro atoms. The second kappa shape index (κ2) is 4.26. The third kappa shape index (κ3) is 2.65. The molecule has 0 unspecified atom stereocenters. The molecule has 3 nitrogen and oxygen atoms in total. The Balaban J connectivity index is 3.32. The van der Waals surface area contributed by atoms with Crippen molar-refractivity contribution in [2.75, 3.05) is 0 Å². The maximum absolute atomic E-state index is 11.2. The molecule has 1 aromatic rings. The largest absolute Gasteiger partial charge is 0.478 e. The molecule has 0 heterocycles. The number of aromatic carboxylic acids is 1. The quantitative estimate of drug-likeness (QED) is 0.773. The summed E-state index contributed by atoms with van der Waals surface area (Å²) >= 11 is 0. The van der Waals surface area contributed by atoms with Crippen LogP contribution in [0.25, 0.3) is 0 Å². The van der Waals surface area contributed by atoms with Gasteiger partial charge in [-0.15, -0.1) is 0 Å². The number of carboxylic acid groups (broad SMARTS) is 1. The maximum atomic E-state index is 11.2. The average Bonchev–Trinajstić information content (AvgIpc) is 2.16. The molecule has 0 saturated heterocycles. The minimum absolute atomic E-state index is 0.111. The Bertz CT molecular complexity index is 373. The number of rotatable bonds is 3. The molecule has 0 radical (unpaired) electrons. The number of ketones is 1. The number of Topliss-reactive ketones (excluding diaryl/α,β-unsaturated/α-hetero) is 1. The van der Waals surface area contributed by atoms with Crippen LogP contribution in [0.4, 0.5) is 0 Å². The highest BCUT2D eigenvalue weighted by atomic mass is 16.4. The standard InChI is InChI=1S/C12H14O3/c1-7(2)9-4-10(8(3)13)6-11(5-9)12(14)15/h4-7H,1-3H3,(H,14,15). The molecular formula is C12H14O3. The van der Waals surface area contributed by atoms with Gasteiger partial charge >= 0.3 is 5.97 Å². The molecule has 0 fully saturated rings. The van der Waals surface area contributed by atoms with Crippen LogP contribution in [0.15, 0.2) is 18.2 Å². The van der Waals surface area contributed by atoms with Crippen molar-refractivity contribution in [3.05, 3.63) is 34.9 Å². The number of benzene rings is 1. The summed E-state index contributed by atoms with van der Waals surface area (Å²) in [6, 6.07) is 4.77. The van der Waals surface area contributed by atoms with E-state index in [0.29, 0.717) is 5.56 Å². The van der Waals surface area contributed by atoms with Gasteiger partial charge in [-0.05, 0) is 36.6 Å². The van der Waals surface area contributed by atoms with Crippen molar-refractivity contribution >= 4 is 11.8 Å². The van der Waals surface area contributed by atoms with Crippen molar-refractivity contribution in [2.45, 2.75) is 26.7 Å². The molecule has 0 saturated carbocycles. The summed E-state index contributed by atoms with van der Waals surface area (Å²) in [6.45, 7) is 5.36. The first-order valence-electron chi connectivity index (χ1n) is 4.81. The van der Waals surface area contributed by atoms with E-state index in [4.69, 9.17) is 5.11 Å². The predicted molar refractivity (Wildman–Crippen MR) is 57.5 cm³/mol. The molecule has 0 amide bonds. The van der Waals surface area contributed by atoms with Crippen molar-refractivity contribution < 1.29 is 14.7 Å². The molecule has 80 valence electrons. The van der Waals surface area contributed by atoms with Crippen LogP contribution in [0.1, 0.15) is 53.0 Å². The first-order valence-corrected chi connectivity index (χ1v) is 4.81. The Labute approximate surface area is 88.7 Å². The van der Waals surface area contributed by atoms with Gasteiger partial charge in [0.25, 0.3) is 0 Å². The molecule has 0 aliphatic rings. The highest BCUT2D eigenvalue weighted by Gasteiger charge is 2.11. The normalized spacial score (nSPS) is 10.4. The van der Waals surface area contributed by atoms with Crippen molar-refractivity contribution in [1.29, 1.82) is 0 Å². The lowest BCUT2D eigenvalue weighted by Gasteiger charge is -2.08. The Morgan fingerprint density at radius 3 is 2.07 bits per heavy atom. The van der Waals surface area contributed by atoms with E-state index in [9.17, 15) is 9.59 Å². The Morgan fingerprint density at radius 1 is 1.13 bits per heavy atom. The summed E-state index contributed by atoms with van der Waals surface area (Å²) in [5, 5.41) is 8.89. The molecule has 0 bridgehead atoms. The zero-order valence-corrected chi connectivity index (χ0v) is 9.07. The summed E-state index contributed by atoms with van der Waals surface area (Å²) < 4.78 is 0. The van der Waals surface area contributed by atoms with Gasteiger partial charge in [-0.2, -0.15) is 0 Å². The van der Waals surface area contributed by atoms with Crippen LogP contribution in [0, 0.1) is 0 Å². The minimum Gasteiger partial charge on any atom is -0.478 e. The van der Waals surface area contributed by atoms with E-state index >= 15 is 0 Å². The van der Waals surface area contributed by atoms with Gasteiger partial charge in [-0.3, -0.25) is 4.79 Å².